The first-order chi connectivity index (χ1) is 8.15. The standard InChI is InChI=1S/C11H12N2O3S/c1-2-3-8-9(14)12-11(16)13(10(8)15)7-4-5-17-6-7/h4-6,8H,2-3H2,1H3,(H,12,14,16). The smallest absolute Gasteiger partial charge is 0.277 e. The van der Waals surface area contributed by atoms with Gasteiger partial charge in [0.05, 0.1) is 5.69 Å². The second-order valence-corrected chi connectivity index (χ2v) is 4.57. The number of thiophene rings is 1. The highest BCUT2D eigenvalue weighted by atomic mass is 32.1. The van der Waals surface area contributed by atoms with Gasteiger partial charge in [-0.15, -0.1) is 0 Å². The summed E-state index contributed by atoms with van der Waals surface area (Å²) in [6.07, 6.45) is 1.17. The number of amides is 4. The third-order valence-corrected chi connectivity index (χ3v) is 3.28. The SMILES string of the molecule is CCCC1C(=O)NC(=O)N(c2ccsc2)C1=O. The van der Waals surface area contributed by atoms with Crippen LogP contribution in [0.4, 0.5) is 10.5 Å². The van der Waals surface area contributed by atoms with Gasteiger partial charge in [-0.2, -0.15) is 11.3 Å². The zero-order valence-electron chi connectivity index (χ0n) is 9.30. The van der Waals surface area contributed by atoms with E-state index >= 15 is 0 Å². The average Bonchev–Trinajstić information content (AvgIpc) is 2.77. The number of carbonyl (C=O) groups excluding carboxylic acids is 3. The molecular weight excluding hydrogens is 240 g/mol. The number of rotatable bonds is 3. The number of hydrogen-bond donors (Lipinski definition) is 1. The molecule has 0 spiro atoms. The van der Waals surface area contributed by atoms with E-state index in [1.165, 1.54) is 11.3 Å². The Bertz CT molecular complexity index is 455. The van der Waals surface area contributed by atoms with Crippen LogP contribution < -0.4 is 10.2 Å². The van der Waals surface area contributed by atoms with E-state index in [0.717, 1.165) is 11.3 Å². The molecular formula is C11H12N2O3S. The number of anilines is 1. The molecule has 1 N–H and O–H groups in total. The quantitative estimate of drug-likeness (QED) is 0.833. The van der Waals surface area contributed by atoms with Crippen LogP contribution in [0.25, 0.3) is 0 Å². The van der Waals surface area contributed by atoms with E-state index in [2.05, 4.69) is 5.32 Å². The fraction of sp³-hybridized carbons (Fsp3) is 0.364. The Morgan fingerprint density at radius 2 is 2.18 bits per heavy atom. The molecule has 1 aliphatic heterocycles. The van der Waals surface area contributed by atoms with Gasteiger partial charge in [-0.25, -0.2) is 9.69 Å². The van der Waals surface area contributed by atoms with Gasteiger partial charge < -0.3 is 0 Å². The molecule has 5 nitrogen and oxygen atoms in total. The summed E-state index contributed by atoms with van der Waals surface area (Å²) in [6.45, 7) is 1.89. The van der Waals surface area contributed by atoms with E-state index in [-0.39, 0.29) is 0 Å². The van der Waals surface area contributed by atoms with Crippen molar-refractivity contribution in [2.24, 2.45) is 5.92 Å². The summed E-state index contributed by atoms with van der Waals surface area (Å²) in [5, 5.41) is 5.70. The minimum atomic E-state index is -0.752. The van der Waals surface area contributed by atoms with Gasteiger partial charge in [0.2, 0.25) is 11.8 Å². The maximum atomic E-state index is 12.1. The highest BCUT2D eigenvalue weighted by molar-refractivity contribution is 7.08. The fourth-order valence-electron chi connectivity index (χ4n) is 1.79. The Morgan fingerprint density at radius 1 is 1.41 bits per heavy atom. The van der Waals surface area contributed by atoms with Gasteiger partial charge in [0, 0.05) is 5.38 Å². The van der Waals surface area contributed by atoms with Crippen LogP contribution in [0.2, 0.25) is 0 Å². The van der Waals surface area contributed by atoms with E-state index in [0.29, 0.717) is 12.1 Å². The van der Waals surface area contributed by atoms with Gasteiger partial charge in [0.25, 0.3) is 0 Å². The molecule has 0 radical (unpaired) electrons. The zero-order chi connectivity index (χ0) is 12.4. The molecule has 1 fully saturated rings. The second-order valence-electron chi connectivity index (χ2n) is 3.79. The molecule has 1 unspecified atom stereocenters. The van der Waals surface area contributed by atoms with E-state index < -0.39 is 23.8 Å². The first-order valence-electron chi connectivity index (χ1n) is 5.36. The number of barbiturate groups is 1. The van der Waals surface area contributed by atoms with Crippen molar-refractivity contribution in [1.82, 2.24) is 5.32 Å². The molecule has 0 saturated carbocycles. The lowest BCUT2D eigenvalue weighted by Crippen LogP contribution is -2.58. The van der Waals surface area contributed by atoms with E-state index in [1.54, 1.807) is 16.8 Å². The molecule has 4 amide bonds. The fourth-order valence-corrected chi connectivity index (χ4v) is 2.41. The van der Waals surface area contributed by atoms with Crippen LogP contribution in [0.3, 0.4) is 0 Å². The lowest BCUT2D eigenvalue weighted by molar-refractivity contribution is -0.134. The number of nitrogens with one attached hydrogen (secondary N) is 1. The maximum absolute atomic E-state index is 12.1. The molecule has 0 aliphatic carbocycles. The van der Waals surface area contributed by atoms with Crippen molar-refractivity contribution in [3.05, 3.63) is 16.8 Å². The van der Waals surface area contributed by atoms with Crippen molar-refractivity contribution in [1.29, 1.82) is 0 Å². The molecule has 2 rings (SSSR count). The molecule has 6 heteroatoms. The van der Waals surface area contributed by atoms with Gasteiger partial charge in [0.15, 0.2) is 0 Å². The summed E-state index contributed by atoms with van der Waals surface area (Å²) in [6, 6.07) is 1.02. The third kappa shape index (κ3) is 2.08. The number of urea groups is 1. The normalized spacial score (nSPS) is 20.6. The molecule has 1 saturated heterocycles. The third-order valence-electron chi connectivity index (χ3n) is 2.61. The van der Waals surface area contributed by atoms with Crippen molar-refractivity contribution >= 4 is 34.9 Å². The Hall–Kier alpha value is -1.69. The minimum Gasteiger partial charge on any atom is -0.277 e. The molecule has 1 atom stereocenters. The van der Waals surface area contributed by atoms with Crippen molar-refractivity contribution in [2.75, 3.05) is 4.90 Å². The number of carbonyl (C=O) groups is 3. The van der Waals surface area contributed by atoms with Crippen LogP contribution in [0.1, 0.15) is 19.8 Å². The Morgan fingerprint density at radius 3 is 2.76 bits per heavy atom. The Balaban J connectivity index is 2.30. The first-order valence-corrected chi connectivity index (χ1v) is 6.30. The predicted molar refractivity (Wildman–Crippen MR) is 63.7 cm³/mol. The number of hydrogen-bond acceptors (Lipinski definition) is 4. The van der Waals surface area contributed by atoms with Gasteiger partial charge >= 0.3 is 6.03 Å². The van der Waals surface area contributed by atoms with Crippen LogP contribution in [0.15, 0.2) is 16.8 Å². The van der Waals surface area contributed by atoms with E-state index in [4.69, 9.17) is 0 Å². The number of imide groups is 2. The largest absolute Gasteiger partial charge is 0.335 e. The van der Waals surface area contributed by atoms with Crippen molar-refractivity contribution in [2.45, 2.75) is 19.8 Å². The lowest BCUT2D eigenvalue weighted by Gasteiger charge is -2.29. The minimum absolute atomic E-state index is 0.431. The van der Waals surface area contributed by atoms with Gasteiger partial charge in [0.1, 0.15) is 5.92 Å². The Labute approximate surface area is 102 Å². The topological polar surface area (TPSA) is 66.5 Å². The molecule has 0 bridgehead atoms. The lowest BCUT2D eigenvalue weighted by atomic mass is 9.99. The molecule has 1 aromatic rings. The summed E-state index contributed by atoms with van der Waals surface area (Å²) in [5.41, 5.74) is 0.520. The molecule has 90 valence electrons. The van der Waals surface area contributed by atoms with Crippen molar-refractivity contribution in [3.8, 4) is 0 Å². The van der Waals surface area contributed by atoms with Crippen LogP contribution in [0.5, 0.6) is 0 Å². The highest BCUT2D eigenvalue weighted by Crippen LogP contribution is 2.24. The van der Waals surface area contributed by atoms with E-state index in [9.17, 15) is 14.4 Å². The van der Waals surface area contributed by atoms with Crippen molar-refractivity contribution < 1.29 is 14.4 Å². The second kappa shape index (κ2) is 4.67. The molecule has 1 aliphatic rings. The summed E-state index contributed by atoms with van der Waals surface area (Å²) >= 11 is 1.39. The summed E-state index contributed by atoms with van der Waals surface area (Å²) < 4.78 is 0. The predicted octanol–water partition coefficient (Wildman–Crippen LogP) is 1.75. The van der Waals surface area contributed by atoms with Crippen molar-refractivity contribution in [3.63, 3.8) is 0 Å². The van der Waals surface area contributed by atoms with Gasteiger partial charge in [-0.3, -0.25) is 14.9 Å². The molecule has 0 aromatic carbocycles. The van der Waals surface area contributed by atoms with Gasteiger partial charge in [-0.1, -0.05) is 13.3 Å². The first kappa shape index (κ1) is 11.8. The molecule has 2 heterocycles. The van der Waals surface area contributed by atoms with Crippen LogP contribution in [-0.2, 0) is 9.59 Å². The Kier molecular flexibility index (Phi) is 3.23. The van der Waals surface area contributed by atoms with Gasteiger partial charge in [-0.05, 0) is 17.9 Å². The summed E-state index contributed by atoms with van der Waals surface area (Å²) in [4.78, 5) is 36.3. The van der Waals surface area contributed by atoms with Crippen LogP contribution >= 0.6 is 11.3 Å². The van der Waals surface area contributed by atoms with Crippen LogP contribution in [0, 0.1) is 5.92 Å². The van der Waals surface area contributed by atoms with Crippen LogP contribution in [-0.4, -0.2) is 17.8 Å². The summed E-state index contributed by atoms with van der Waals surface area (Å²) in [7, 11) is 0. The monoisotopic (exact) mass is 252 g/mol. The number of nitrogens with zero attached hydrogens (tertiary/aromatic N) is 1. The molecule has 17 heavy (non-hydrogen) atoms. The van der Waals surface area contributed by atoms with E-state index in [1.807, 2.05) is 6.92 Å². The molecule has 1 aromatic heterocycles. The highest BCUT2D eigenvalue weighted by Gasteiger charge is 2.40. The maximum Gasteiger partial charge on any atom is 0.335 e. The zero-order valence-corrected chi connectivity index (χ0v) is 10.1. The average molecular weight is 252 g/mol. The summed E-state index contributed by atoms with van der Waals surface area (Å²) in [5.74, 6) is -1.68.